The molecule has 27 heavy (non-hydrogen) atoms. The Labute approximate surface area is 164 Å². The monoisotopic (exact) mass is 386 g/mol. The first-order valence-corrected chi connectivity index (χ1v) is 10.7. The van der Waals surface area contributed by atoms with E-state index in [9.17, 15) is 4.79 Å². The van der Waals surface area contributed by atoms with Crippen molar-refractivity contribution in [2.75, 3.05) is 26.3 Å². The molecule has 0 spiro atoms. The number of thiazole rings is 1. The number of ether oxygens (including phenoxy) is 2. The minimum Gasteiger partial charge on any atom is -0.397 e. The Morgan fingerprint density at radius 2 is 2.00 bits per heavy atom. The molecule has 0 amide bonds. The van der Waals surface area contributed by atoms with E-state index in [4.69, 9.17) is 9.47 Å². The minimum atomic E-state index is -0.157. The summed E-state index contributed by atoms with van der Waals surface area (Å²) in [6.45, 7) is 3.63. The number of carbonyl (C=O) groups is 1. The molecule has 144 valence electrons. The molecule has 0 N–H and O–H groups in total. The lowest BCUT2D eigenvalue weighted by molar-refractivity contribution is -0.142. The van der Waals surface area contributed by atoms with Crippen molar-refractivity contribution in [1.29, 1.82) is 0 Å². The Hall–Kier alpha value is -1.76. The lowest BCUT2D eigenvalue weighted by atomic mass is 9.95. The molecule has 1 atom stereocenters. The molecule has 2 aliphatic heterocycles. The standard InChI is InChI=1S/C21H26N2O3S/c24-20(26-21-22-18(15-27-21)17-6-2-1-3-7-17)19-8-4-5-11-23(19)14-16-9-12-25-13-10-16/h1-3,6-7,15-16,19H,4-5,8-14H2. The molecule has 1 aromatic heterocycles. The number of carbonyl (C=O) groups excluding carboxylic acids is 1. The van der Waals surface area contributed by atoms with Crippen molar-refractivity contribution in [1.82, 2.24) is 9.88 Å². The highest BCUT2D eigenvalue weighted by atomic mass is 32.1. The second-order valence-corrected chi connectivity index (χ2v) is 8.17. The van der Waals surface area contributed by atoms with E-state index in [0.29, 0.717) is 11.1 Å². The molecule has 2 saturated heterocycles. The van der Waals surface area contributed by atoms with E-state index in [1.54, 1.807) is 0 Å². The number of benzene rings is 1. The van der Waals surface area contributed by atoms with Crippen LogP contribution in [0.2, 0.25) is 0 Å². The van der Waals surface area contributed by atoms with Gasteiger partial charge in [0.05, 0.1) is 5.69 Å². The van der Waals surface area contributed by atoms with Crippen LogP contribution in [-0.4, -0.2) is 48.2 Å². The number of piperidine rings is 1. The molecular weight excluding hydrogens is 360 g/mol. The van der Waals surface area contributed by atoms with Gasteiger partial charge in [-0.3, -0.25) is 4.90 Å². The van der Waals surface area contributed by atoms with Crippen molar-refractivity contribution in [3.05, 3.63) is 35.7 Å². The van der Waals surface area contributed by atoms with Gasteiger partial charge in [-0.1, -0.05) is 48.1 Å². The second kappa shape index (κ2) is 8.95. The van der Waals surface area contributed by atoms with E-state index in [1.807, 2.05) is 35.7 Å². The molecule has 2 aliphatic rings. The summed E-state index contributed by atoms with van der Waals surface area (Å²) in [7, 11) is 0. The number of esters is 1. The lowest BCUT2D eigenvalue weighted by Crippen LogP contribution is -2.48. The molecule has 5 nitrogen and oxygen atoms in total. The molecule has 0 radical (unpaired) electrons. The fourth-order valence-corrected chi connectivity index (χ4v) is 4.62. The molecule has 2 aromatic rings. The molecule has 2 fully saturated rings. The van der Waals surface area contributed by atoms with E-state index in [2.05, 4.69) is 9.88 Å². The van der Waals surface area contributed by atoms with Crippen molar-refractivity contribution in [3.8, 4) is 16.5 Å². The summed E-state index contributed by atoms with van der Waals surface area (Å²) in [4.78, 5) is 19.7. The van der Waals surface area contributed by atoms with Crippen molar-refractivity contribution in [2.24, 2.45) is 5.92 Å². The summed E-state index contributed by atoms with van der Waals surface area (Å²) < 4.78 is 11.1. The van der Waals surface area contributed by atoms with Crippen LogP contribution < -0.4 is 4.74 Å². The topological polar surface area (TPSA) is 51.7 Å². The van der Waals surface area contributed by atoms with E-state index in [0.717, 1.165) is 69.7 Å². The Kier molecular flexibility index (Phi) is 6.17. The van der Waals surface area contributed by atoms with Gasteiger partial charge in [-0.25, -0.2) is 9.78 Å². The zero-order valence-corrected chi connectivity index (χ0v) is 16.3. The Morgan fingerprint density at radius 3 is 2.81 bits per heavy atom. The van der Waals surface area contributed by atoms with Crippen LogP contribution in [0.1, 0.15) is 32.1 Å². The predicted molar refractivity (Wildman–Crippen MR) is 106 cm³/mol. The maximum atomic E-state index is 12.8. The lowest BCUT2D eigenvalue weighted by Gasteiger charge is -2.37. The number of rotatable bonds is 5. The van der Waals surface area contributed by atoms with E-state index in [1.165, 1.54) is 11.3 Å². The van der Waals surface area contributed by atoms with Gasteiger partial charge < -0.3 is 9.47 Å². The van der Waals surface area contributed by atoms with Gasteiger partial charge in [0, 0.05) is 30.7 Å². The van der Waals surface area contributed by atoms with Gasteiger partial charge in [0.25, 0.3) is 5.19 Å². The average molecular weight is 387 g/mol. The summed E-state index contributed by atoms with van der Waals surface area (Å²) in [5, 5.41) is 2.38. The number of hydrogen-bond acceptors (Lipinski definition) is 6. The summed E-state index contributed by atoms with van der Waals surface area (Å²) in [6.07, 6.45) is 5.29. The quantitative estimate of drug-likeness (QED) is 0.727. The fourth-order valence-electron chi connectivity index (χ4n) is 3.94. The van der Waals surface area contributed by atoms with Crippen LogP contribution in [0.15, 0.2) is 35.7 Å². The summed E-state index contributed by atoms with van der Waals surface area (Å²) in [5.41, 5.74) is 1.89. The van der Waals surface area contributed by atoms with E-state index < -0.39 is 0 Å². The number of aromatic nitrogens is 1. The first-order chi connectivity index (χ1) is 13.3. The van der Waals surface area contributed by atoms with Crippen LogP contribution in [0.4, 0.5) is 0 Å². The number of hydrogen-bond donors (Lipinski definition) is 0. The minimum absolute atomic E-state index is 0.148. The van der Waals surface area contributed by atoms with Gasteiger partial charge >= 0.3 is 5.97 Å². The van der Waals surface area contributed by atoms with E-state index in [-0.39, 0.29) is 12.0 Å². The normalized spacial score (nSPS) is 21.9. The first kappa shape index (κ1) is 18.6. The predicted octanol–water partition coefficient (Wildman–Crippen LogP) is 4.00. The SMILES string of the molecule is O=C(Oc1nc(-c2ccccc2)cs1)C1CCCCN1CC1CCOCC1. The molecule has 3 heterocycles. The maximum absolute atomic E-state index is 12.8. The Bertz CT molecular complexity index is 743. The maximum Gasteiger partial charge on any atom is 0.330 e. The van der Waals surface area contributed by atoms with Crippen LogP contribution in [0.5, 0.6) is 5.19 Å². The Balaban J connectivity index is 1.39. The molecule has 1 aromatic carbocycles. The highest BCUT2D eigenvalue weighted by Gasteiger charge is 2.32. The third-order valence-corrected chi connectivity index (χ3v) is 6.18. The molecule has 4 rings (SSSR count). The van der Waals surface area contributed by atoms with Crippen LogP contribution >= 0.6 is 11.3 Å². The van der Waals surface area contributed by atoms with Crippen molar-refractivity contribution in [2.45, 2.75) is 38.1 Å². The van der Waals surface area contributed by atoms with Gasteiger partial charge in [0.1, 0.15) is 6.04 Å². The van der Waals surface area contributed by atoms with Gasteiger partial charge in [0.2, 0.25) is 0 Å². The molecule has 0 saturated carbocycles. The summed E-state index contributed by atoms with van der Waals surface area (Å²) >= 11 is 1.38. The largest absolute Gasteiger partial charge is 0.397 e. The number of likely N-dealkylation sites (tertiary alicyclic amines) is 1. The number of nitrogens with zero attached hydrogens (tertiary/aromatic N) is 2. The fraction of sp³-hybridized carbons (Fsp3) is 0.524. The van der Waals surface area contributed by atoms with Crippen molar-refractivity contribution in [3.63, 3.8) is 0 Å². The molecule has 0 bridgehead atoms. The molecular formula is C21H26N2O3S. The molecule has 1 unspecified atom stereocenters. The second-order valence-electron chi connectivity index (χ2n) is 7.35. The van der Waals surface area contributed by atoms with Crippen LogP contribution in [0.25, 0.3) is 11.3 Å². The summed E-state index contributed by atoms with van der Waals surface area (Å²) in [6, 6.07) is 9.82. The van der Waals surface area contributed by atoms with Crippen LogP contribution in [0.3, 0.4) is 0 Å². The highest BCUT2D eigenvalue weighted by Crippen LogP contribution is 2.28. The third kappa shape index (κ3) is 4.75. The zero-order valence-electron chi connectivity index (χ0n) is 15.5. The van der Waals surface area contributed by atoms with Gasteiger partial charge in [0.15, 0.2) is 0 Å². The zero-order chi connectivity index (χ0) is 18.5. The molecule has 6 heteroatoms. The Morgan fingerprint density at radius 1 is 1.19 bits per heavy atom. The van der Waals surface area contributed by atoms with Crippen LogP contribution in [-0.2, 0) is 9.53 Å². The molecule has 0 aliphatic carbocycles. The average Bonchev–Trinajstić information content (AvgIpc) is 3.18. The van der Waals surface area contributed by atoms with Crippen molar-refractivity contribution >= 4 is 17.3 Å². The van der Waals surface area contributed by atoms with Gasteiger partial charge in [-0.15, -0.1) is 0 Å². The highest BCUT2D eigenvalue weighted by molar-refractivity contribution is 7.11. The first-order valence-electron chi connectivity index (χ1n) is 9.84. The van der Waals surface area contributed by atoms with Crippen LogP contribution in [0, 0.1) is 5.92 Å². The smallest absolute Gasteiger partial charge is 0.330 e. The third-order valence-electron chi connectivity index (χ3n) is 5.46. The van der Waals surface area contributed by atoms with Crippen molar-refractivity contribution < 1.29 is 14.3 Å². The van der Waals surface area contributed by atoms with E-state index >= 15 is 0 Å². The van der Waals surface area contributed by atoms with Gasteiger partial charge in [-0.2, -0.15) is 0 Å². The van der Waals surface area contributed by atoms with Gasteiger partial charge in [-0.05, 0) is 38.1 Å². The summed E-state index contributed by atoms with van der Waals surface area (Å²) in [5.74, 6) is 0.465.